The number of sulfonamides is 1. The van der Waals surface area contributed by atoms with Crippen LogP contribution in [0.2, 0.25) is 0 Å². The first-order chi connectivity index (χ1) is 12.8. The van der Waals surface area contributed by atoms with Crippen molar-refractivity contribution >= 4 is 10.0 Å². The highest BCUT2D eigenvalue weighted by molar-refractivity contribution is 7.89. The van der Waals surface area contributed by atoms with Crippen LogP contribution in [0.1, 0.15) is 37.3 Å². The first kappa shape index (κ1) is 17.8. The van der Waals surface area contributed by atoms with Gasteiger partial charge in [-0.3, -0.25) is 0 Å². The van der Waals surface area contributed by atoms with Crippen LogP contribution in [0.15, 0.2) is 29.8 Å². The summed E-state index contributed by atoms with van der Waals surface area (Å²) in [5.41, 5.74) is 0.721. The molecular weight excluding hydrogens is 370 g/mol. The molecule has 11 nitrogen and oxygen atoms in total. The van der Waals surface area contributed by atoms with Crippen LogP contribution in [-0.2, 0) is 23.6 Å². The normalized spacial score (nSPS) is 16.1. The molecule has 1 fully saturated rings. The van der Waals surface area contributed by atoms with E-state index in [-0.39, 0.29) is 17.0 Å². The highest BCUT2D eigenvalue weighted by Crippen LogP contribution is 2.28. The summed E-state index contributed by atoms with van der Waals surface area (Å²) >= 11 is 0. The quantitative estimate of drug-likeness (QED) is 0.581. The van der Waals surface area contributed by atoms with E-state index in [1.165, 1.54) is 9.10 Å². The second-order valence-corrected chi connectivity index (χ2v) is 8.81. The van der Waals surface area contributed by atoms with E-state index in [9.17, 15) is 8.42 Å². The molecule has 0 unspecified atom stereocenters. The lowest BCUT2D eigenvalue weighted by atomic mass is 10.2. The van der Waals surface area contributed by atoms with Gasteiger partial charge >= 0.3 is 0 Å². The van der Waals surface area contributed by atoms with Crippen molar-refractivity contribution in [2.45, 2.75) is 37.4 Å². The highest BCUT2D eigenvalue weighted by Gasteiger charge is 2.39. The van der Waals surface area contributed by atoms with Crippen molar-refractivity contribution in [3.63, 3.8) is 0 Å². The van der Waals surface area contributed by atoms with Crippen molar-refractivity contribution in [3.05, 3.63) is 36.3 Å². The van der Waals surface area contributed by atoms with Gasteiger partial charge in [-0.05, 0) is 0 Å². The van der Waals surface area contributed by atoms with Crippen molar-refractivity contribution in [3.8, 4) is 0 Å². The summed E-state index contributed by atoms with van der Waals surface area (Å²) in [6.07, 6.45) is 6.57. The second kappa shape index (κ2) is 6.53. The molecule has 0 saturated carbocycles. The van der Waals surface area contributed by atoms with Gasteiger partial charge in [0.2, 0.25) is 0 Å². The van der Waals surface area contributed by atoms with Gasteiger partial charge in [0.25, 0.3) is 10.0 Å². The average Bonchev–Trinajstić information content (AvgIpc) is 3.27. The smallest absolute Gasteiger partial charge is 0.262 e. The van der Waals surface area contributed by atoms with E-state index in [0.29, 0.717) is 19.6 Å². The van der Waals surface area contributed by atoms with Crippen molar-refractivity contribution in [1.29, 1.82) is 0 Å². The molecule has 0 spiro atoms. The zero-order chi connectivity index (χ0) is 19.2. The number of nitrogens with zero attached hydrogens (tertiary/aromatic N) is 9. The van der Waals surface area contributed by atoms with Gasteiger partial charge in [-0.2, -0.15) is 19.3 Å². The fourth-order valence-electron chi connectivity index (χ4n) is 3.06. The second-order valence-electron chi connectivity index (χ2n) is 6.93. The van der Waals surface area contributed by atoms with E-state index in [1.54, 1.807) is 34.0 Å². The Kier molecular flexibility index (Phi) is 4.30. The first-order valence-electron chi connectivity index (χ1n) is 8.63. The Morgan fingerprint density at radius 2 is 1.89 bits per heavy atom. The summed E-state index contributed by atoms with van der Waals surface area (Å²) in [5.74, 6) is 0.903. The van der Waals surface area contributed by atoms with Crippen LogP contribution in [0.25, 0.3) is 0 Å². The summed E-state index contributed by atoms with van der Waals surface area (Å²) < 4.78 is 30.4. The lowest BCUT2D eigenvalue weighted by molar-refractivity contribution is 0.188. The molecule has 4 heterocycles. The molecule has 1 saturated heterocycles. The Labute approximate surface area is 156 Å². The Bertz CT molecular complexity index is 1030. The third-order valence-corrected chi connectivity index (χ3v) is 6.24. The maximum absolute atomic E-state index is 12.8. The molecule has 0 amide bonds. The number of hydrogen-bond acceptors (Lipinski definition) is 7. The van der Waals surface area contributed by atoms with Gasteiger partial charge in [0.15, 0.2) is 5.03 Å². The maximum atomic E-state index is 12.8. The van der Waals surface area contributed by atoms with E-state index in [4.69, 9.17) is 0 Å². The minimum atomic E-state index is -3.60. The summed E-state index contributed by atoms with van der Waals surface area (Å²) in [5, 5.41) is 16.4. The monoisotopic (exact) mass is 391 g/mol. The molecule has 0 aromatic carbocycles. The predicted molar refractivity (Wildman–Crippen MR) is 94.2 cm³/mol. The lowest BCUT2D eigenvalue weighted by Crippen LogP contribution is -2.50. The number of aryl methyl sites for hydroxylation is 1. The topological polar surface area (TPSA) is 117 Å². The minimum absolute atomic E-state index is 0.0418. The molecule has 0 aliphatic carbocycles. The molecule has 144 valence electrons. The summed E-state index contributed by atoms with van der Waals surface area (Å²) in [6.45, 7) is 5.09. The van der Waals surface area contributed by atoms with Crippen molar-refractivity contribution in [2.75, 3.05) is 13.1 Å². The zero-order valence-electron chi connectivity index (χ0n) is 15.3. The molecule has 1 aliphatic heterocycles. The standard InChI is InChI=1S/C15H21N9O2S/c1-11(2)15-18-14(10-21(15)3)27(25,26)22-8-13(9-22)23-6-12(19-20-23)7-24-16-4-5-17-24/h4-6,10-11,13H,7-9H2,1-3H3. The van der Waals surface area contributed by atoms with Crippen molar-refractivity contribution < 1.29 is 8.42 Å². The van der Waals surface area contributed by atoms with Gasteiger partial charge in [0, 0.05) is 32.3 Å². The summed E-state index contributed by atoms with van der Waals surface area (Å²) in [4.78, 5) is 5.82. The van der Waals surface area contributed by atoms with Gasteiger partial charge < -0.3 is 4.57 Å². The number of hydrogen-bond donors (Lipinski definition) is 0. The highest BCUT2D eigenvalue weighted by atomic mass is 32.2. The Balaban J connectivity index is 1.43. The Hall–Kier alpha value is -2.60. The van der Waals surface area contributed by atoms with E-state index in [2.05, 4.69) is 25.5 Å². The Morgan fingerprint density at radius 1 is 1.19 bits per heavy atom. The molecule has 27 heavy (non-hydrogen) atoms. The molecular formula is C15H21N9O2S. The third-order valence-electron chi connectivity index (χ3n) is 4.54. The molecule has 0 N–H and O–H groups in total. The largest absolute Gasteiger partial charge is 0.336 e. The molecule has 3 aromatic rings. The first-order valence-corrected chi connectivity index (χ1v) is 10.1. The lowest BCUT2D eigenvalue weighted by Gasteiger charge is -2.37. The van der Waals surface area contributed by atoms with Gasteiger partial charge in [0.05, 0.1) is 24.6 Å². The van der Waals surface area contributed by atoms with Crippen LogP contribution in [0, 0.1) is 0 Å². The Morgan fingerprint density at radius 3 is 2.52 bits per heavy atom. The molecule has 0 bridgehead atoms. The fourth-order valence-corrected chi connectivity index (χ4v) is 4.56. The number of rotatable bonds is 6. The van der Waals surface area contributed by atoms with Crippen molar-refractivity contribution in [2.24, 2.45) is 7.05 Å². The zero-order valence-corrected chi connectivity index (χ0v) is 16.2. The van der Waals surface area contributed by atoms with Crippen LogP contribution < -0.4 is 0 Å². The van der Waals surface area contributed by atoms with E-state index in [1.807, 2.05) is 20.9 Å². The predicted octanol–water partition coefficient (Wildman–Crippen LogP) is 0.0204. The van der Waals surface area contributed by atoms with E-state index < -0.39 is 10.0 Å². The van der Waals surface area contributed by atoms with Gasteiger partial charge in [0.1, 0.15) is 18.1 Å². The van der Waals surface area contributed by atoms with Crippen LogP contribution >= 0.6 is 0 Å². The molecule has 3 aromatic heterocycles. The van der Waals surface area contributed by atoms with Crippen LogP contribution in [0.5, 0.6) is 0 Å². The van der Waals surface area contributed by atoms with Gasteiger partial charge in [-0.1, -0.05) is 19.1 Å². The minimum Gasteiger partial charge on any atom is -0.336 e. The van der Waals surface area contributed by atoms with Gasteiger partial charge in [-0.15, -0.1) is 5.10 Å². The summed E-state index contributed by atoms with van der Waals surface area (Å²) in [7, 11) is -1.79. The van der Waals surface area contributed by atoms with E-state index >= 15 is 0 Å². The summed E-state index contributed by atoms with van der Waals surface area (Å²) in [6, 6.07) is -0.0418. The van der Waals surface area contributed by atoms with Crippen LogP contribution in [-0.4, -0.2) is 65.4 Å². The number of aromatic nitrogens is 8. The molecule has 12 heteroatoms. The SMILES string of the molecule is CC(C)c1nc(S(=O)(=O)N2CC(n3cc(Cn4nccn4)nn3)C2)cn1C. The third kappa shape index (κ3) is 3.25. The van der Waals surface area contributed by atoms with Crippen LogP contribution in [0.4, 0.5) is 0 Å². The van der Waals surface area contributed by atoms with Crippen molar-refractivity contribution in [1.82, 2.24) is 43.8 Å². The fraction of sp³-hybridized carbons (Fsp3) is 0.533. The molecule has 1 aliphatic rings. The average molecular weight is 391 g/mol. The molecule has 4 rings (SSSR count). The van der Waals surface area contributed by atoms with Gasteiger partial charge in [-0.25, -0.2) is 18.1 Å². The molecule has 0 radical (unpaired) electrons. The molecule has 0 atom stereocenters. The van der Waals surface area contributed by atoms with Crippen LogP contribution in [0.3, 0.4) is 0 Å². The number of imidazole rings is 1. The maximum Gasteiger partial charge on any atom is 0.262 e. The van der Waals surface area contributed by atoms with E-state index in [0.717, 1.165) is 11.5 Å².